The van der Waals surface area contributed by atoms with Crippen molar-refractivity contribution >= 4 is 35.0 Å². The predicted molar refractivity (Wildman–Crippen MR) is 142 cm³/mol. The van der Waals surface area contributed by atoms with Crippen LogP contribution in [0.3, 0.4) is 0 Å². The Bertz CT molecular complexity index is 989. The molecule has 2 aromatic rings. The minimum Gasteiger partial charge on any atom is -0.350 e. The molecule has 0 aromatic heterocycles. The predicted octanol–water partition coefficient (Wildman–Crippen LogP) is 6.95. The Morgan fingerprint density at radius 1 is 0.971 bits per heavy atom. The van der Waals surface area contributed by atoms with E-state index in [1.54, 1.807) is 17.0 Å². The average molecular weight is 506 g/mol. The van der Waals surface area contributed by atoms with Gasteiger partial charge in [0, 0.05) is 28.5 Å². The van der Waals surface area contributed by atoms with Crippen LogP contribution in [0.4, 0.5) is 0 Å². The molecule has 0 saturated carbocycles. The van der Waals surface area contributed by atoms with Gasteiger partial charge in [0.25, 0.3) is 0 Å². The highest BCUT2D eigenvalue weighted by molar-refractivity contribution is 6.35. The number of amides is 2. The zero-order valence-electron chi connectivity index (χ0n) is 21.5. The molecule has 0 aliphatic heterocycles. The van der Waals surface area contributed by atoms with E-state index >= 15 is 0 Å². The van der Waals surface area contributed by atoms with Gasteiger partial charge in [-0.15, -0.1) is 0 Å². The third-order valence-electron chi connectivity index (χ3n) is 5.69. The summed E-state index contributed by atoms with van der Waals surface area (Å²) < 4.78 is 0. The first kappa shape index (κ1) is 28.2. The van der Waals surface area contributed by atoms with Gasteiger partial charge in [-0.05, 0) is 67.9 Å². The van der Waals surface area contributed by atoms with Crippen LogP contribution in [0.5, 0.6) is 0 Å². The van der Waals surface area contributed by atoms with Crippen molar-refractivity contribution in [3.63, 3.8) is 0 Å². The Morgan fingerprint density at radius 2 is 1.59 bits per heavy atom. The lowest BCUT2D eigenvalue weighted by atomic mass is 9.86. The van der Waals surface area contributed by atoms with Crippen molar-refractivity contribution in [2.45, 2.75) is 91.3 Å². The largest absolute Gasteiger partial charge is 0.350 e. The van der Waals surface area contributed by atoms with Crippen LogP contribution in [0.25, 0.3) is 0 Å². The number of nitrogens with one attached hydrogen (secondary N) is 1. The van der Waals surface area contributed by atoms with Gasteiger partial charge in [-0.1, -0.05) is 81.2 Å². The molecule has 0 bridgehead atoms. The van der Waals surface area contributed by atoms with Crippen molar-refractivity contribution in [3.8, 4) is 0 Å². The molecule has 0 aliphatic carbocycles. The summed E-state index contributed by atoms with van der Waals surface area (Å²) in [6.07, 6.45) is 1.41. The van der Waals surface area contributed by atoms with E-state index in [4.69, 9.17) is 23.2 Å². The average Bonchev–Trinajstić information content (AvgIpc) is 2.71. The van der Waals surface area contributed by atoms with E-state index in [0.29, 0.717) is 29.3 Å². The Kier molecular flexibility index (Phi) is 9.62. The fourth-order valence-electron chi connectivity index (χ4n) is 3.77. The van der Waals surface area contributed by atoms with E-state index in [1.807, 2.05) is 33.8 Å². The van der Waals surface area contributed by atoms with Gasteiger partial charge in [-0.2, -0.15) is 0 Å². The van der Waals surface area contributed by atoms with Gasteiger partial charge in [0.15, 0.2) is 0 Å². The Labute approximate surface area is 215 Å². The van der Waals surface area contributed by atoms with Crippen molar-refractivity contribution in [2.24, 2.45) is 0 Å². The molecular weight excluding hydrogens is 467 g/mol. The lowest BCUT2D eigenvalue weighted by Gasteiger charge is -2.33. The third kappa shape index (κ3) is 8.32. The molecule has 2 amide bonds. The molecule has 0 saturated heterocycles. The molecule has 0 heterocycles. The summed E-state index contributed by atoms with van der Waals surface area (Å²) in [6.45, 7) is 14.5. The number of carbonyl (C=O) groups excluding carboxylic acids is 2. The van der Waals surface area contributed by atoms with Gasteiger partial charge in [0.2, 0.25) is 11.8 Å². The number of carbonyl (C=O) groups is 2. The Morgan fingerprint density at radius 3 is 2.09 bits per heavy atom. The normalized spacial score (nSPS) is 12.9. The number of hydrogen-bond donors (Lipinski definition) is 1. The van der Waals surface area contributed by atoms with Gasteiger partial charge in [-0.25, -0.2) is 0 Å². The molecule has 0 spiro atoms. The molecule has 2 aromatic carbocycles. The molecular formula is C28H38Cl2N2O2. The summed E-state index contributed by atoms with van der Waals surface area (Å²) in [4.78, 5) is 28.2. The second kappa shape index (κ2) is 11.6. The van der Waals surface area contributed by atoms with Crippen LogP contribution in [-0.4, -0.2) is 28.3 Å². The first-order chi connectivity index (χ1) is 15.7. The van der Waals surface area contributed by atoms with Crippen LogP contribution in [0.1, 0.15) is 78.0 Å². The summed E-state index contributed by atoms with van der Waals surface area (Å²) in [7, 11) is 0. The number of nitrogens with zero attached hydrogens (tertiary/aromatic N) is 1. The van der Waals surface area contributed by atoms with Crippen LogP contribution in [0, 0.1) is 0 Å². The highest BCUT2D eigenvalue weighted by Crippen LogP contribution is 2.25. The van der Waals surface area contributed by atoms with Gasteiger partial charge in [0.05, 0.1) is 0 Å². The number of benzene rings is 2. The zero-order valence-corrected chi connectivity index (χ0v) is 23.0. The summed E-state index contributed by atoms with van der Waals surface area (Å²) in [6, 6.07) is 13.0. The van der Waals surface area contributed by atoms with Crippen molar-refractivity contribution in [3.05, 3.63) is 69.2 Å². The maximum atomic E-state index is 13.5. The lowest BCUT2D eigenvalue weighted by molar-refractivity contribution is -0.142. The smallest absolute Gasteiger partial charge is 0.243 e. The molecule has 0 radical (unpaired) electrons. The third-order valence-corrected chi connectivity index (χ3v) is 6.27. The van der Waals surface area contributed by atoms with Gasteiger partial charge in [-0.3, -0.25) is 9.59 Å². The fourth-order valence-corrected chi connectivity index (χ4v) is 4.24. The van der Waals surface area contributed by atoms with E-state index in [1.165, 1.54) is 5.56 Å². The first-order valence-corrected chi connectivity index (χ1v) is 12.6. The number of hydrogen-bond acceptors (Lipinski definition) is 2. The molecule has 1 N–H and O–H groups in total. The van der Waals surface area contributed by atoms with Crippen molar-refractivity contribution in [2.75, 3.05) is 0 Å². The number of aryl methyl sites for hydroxylation is 1. The minimum absolute atomic E-state index is 0.0811. The topological polar surface area (TPSA) is 49.4 Å². The number of halogens is 2. The summed E-state index contributed by atoms with van der Waals surface area (Å²) in [5.41, 5.74) is 2.80. The zero-order chi connectivity index (χ0) is 25.7. The van der Waals surface area contributed by atoms with Gasteiger partial charge < -0.3 is 10.2 Å². The van der Waals surface area contributed by atoms with E-state index in [-0.39, 0.29) is 23.8 Å². The van der Waals surface area contributed by atoms with Crippen LogP contribution >= 0.6 is 23.2 Å². The van der Waals surface area contributed by atoms with E-state index in [2.05, 4.69) is 50.4 Å². The summed E-state index contributed by atoms with van der Waals surface area (Å²) >= 11 is 12.5. The standard InChI is InChI=1S/C28H38Cl2N2O2/c1-8-24(26(34)31-28(5,6)7)32(18-20-12-15-22(29)17-23(20)30)25(33)16-11-19-9-13-21(14-10-19)27(2,3)4/h9-10,12-15,17,24H,8,11,16,18H2,1-7H3,(H,31,34)/t24-/m0/s1. The second-order valence-electron chi connectivity index (χ2n) is 10.9. The quantitative estimate of drug-likeness (QED) is 0.422. The molecule has 2 rings (SSSR count). The summed E-state index contributed by atoms with van der Waals surface area (Å²) in [5, 5.41) is 4.03. The molecule has 1 atom stereocenters. The van der Waals surface area contributed by atoms with E-state index in [0.717, 1.165) is 11.1 Å². The minimum atomic E-state index is -0.596. The maximum Gasteiger partial charge on any atom is 0.243 e. The SMILES string of the molecule is CC[C@@H](C(=O)NC(C)(C)C)N(Cc1ccc(Cl)cc1Cl)C(=O)CCc1ccc(C(C)(C)C)cc1. The fraction of sp³-hybridized carbons (Fsp3) is 0.500. The molecule has 0 unspecified atom stereocenters. The van der Waals surface area contributed by atoms with Gasteiger partial charge >= 0.3 is 0 Å². The van der Waals surface area contributed by atoms with E-state index in [9.17, 15) is 9.59 Å². The molecule has 4 nitrogen and oxygen atoms in total. The second-order valence-corrected chi connectivity index (χ2v) is 11.7. The van der Waals surface area contributed by atoms with Crippen LogP contribution in [-0.2, 0) is 28.0 Å². The Hall–Kier alpha value is -2.04. The Balaban J connectivity index is 2.26. The molecule has 0 aliphatic rings. The molecule has 6 heteroatoms. The van der Waals surface area contributed by atoms with Crippen LogP contribution in [0.2, 0.25) is 10.0 Å². The first-order valence-electron chi connectivity index (χ1n) is 11.9. The van der Waals surface area contributed by atoms with Crippen LogP contribution in [0.15, 0.2) is 42.5 Å². The van der Waals surface area contributed by atoms with Crippen molar-refractivity contribution < 1.29 is 9.59 Å². The monoisotopic (exact) mass is 504 g/mol. The van der Waals surface area contributed by atoms with Crippen LogP contribution < -0.4 is 5.32 Å². The summed E-state index contributed by atoms with van der Waals surface area (Å²) in [5.74, 6) is -0.246. The van der Waals surface area contributed by atoms with Crippen molar-refractivity contribution in [1.82, 2.24) is 10.2 Å². The number of rotatable bonds is 8. The van der Waals surface area contributed by atoms with Gasteiger partial charge in [0.1, 0.15) is 6.04 Å². The van der Waals surface area contributed by atoms with Crippen molar-refractivity contribution in [1.29, 1.82) is 0 Å². The highest BCUT2D eigenvalue weighted by atomic mass is 35.5. The molecule has 186 valence electrons. The molecule has 0 fully saturated rings. The highest BCUT2D eigenvalue weighted by Gasteiger charge is 2.30. The molecule has 34 heavy (non-hydrogen) atoms. The lowest BCUT2D eigenvalue weighted by Crippen LogP contribution is -2.53. The maximum absolute atomic E-state index is 13.5. The van der Waals surface area contributed by atoms with E-state index < -0.39 is 11.6 Å².